The van der Waals surface area contributed by atoms with Crippen LogP contribution in [0.25, 0.3) is 0 Å². The molecule has 2 aromatic rings. The van der Waals surface area contributed by atoms with Gasteiger partial charge in [0.15, 0.2) is 4.34 Å². The molecular weight excluding hydrogens is 296 g/mol. The molecule has 7 heteroatoms. The van der Waals surface area contributed by atoms with Crippen molar-refractivity contribution in [3.63, 3.8) is 0 Å². The summed E-state index contributed by atoms with van der Waals surface area (Å²) in [6.45, 7) is 2.50. The molecule has 0 saturated heterocycles. The summed E-state index contributed by atoms with van der Waals surface area (Å²) in [7, 11) is 0. The van der Waals surface area contributed by atoms with Gasteiger partial charge >= 0.3 is 5.97 Å². The van der Waals surface area contributed by atoms with E-state index in [-0.39, 0.29) is 6.42 Å². The predicted molar refractivity (Wildman–Crippen MR) is 78.6 cm³/mol. The number of thioether (sulfide) groups is 1. The number of carboxylic acid groups (broad SMARTS) is 1. The zero-order valence-electron chi connectivity index (χ0n) is 10.9. The van der Waals surface area contributed by atoms with Gasteiger partial charge in [-0.25, -0.2) is 0 Å². The minimum absolute atomic E-state index is 0.0343. The Kier molecular flexibility index (Phi) is 5.37. The van der Waals surface area contributed by atoms with Gasteiger partial charge in [0.2, 0.25) is 0 Å². The third kappa shape index (κ3) is 4.82. The van der Waals surface area contributed by atoms with Gasteiger partial charge in [0.25, 0.3) is 0 Å². The van der Waals surface area contributed by atoms with Gasteiger partial charge in [-0.3, -0.25) is 4.79 Å². The van der Waals surface area contributed by atoms with Crippen LogP contribution in [0.1, 0.15) is 10.6 Å². The average Bonchev–Trinajstić information content (AvgIpc) is 2.82. The van der Waals surface area contributed by atoms with Crippen LogP contribution in [0.5, 0.6) is 5.75 Å². The van der Waals surface area contributed by atoms with Crippen molar-refractivity contribution in [3.05, 3.63) is 34.8 Å². The van der Waals surface area contributed by atoms with E-state index in [9.17, 15) is 4.79 Å². The molecule has 0 aliphatic carbocycles. The molecule has 0 amide bonds. The third-order valence-electron chi connectivity index (χ3n) is 2.36. The number of carbonyl (C=O) groups is 1. The third-order valence-corrected chi connectivity index (χ3v) is 4.30. The van der Waals surface area contributed by atoms with Crippen LogP contribution in [0.15, 0.2) is 28.6 Å². The first kappa shape index (κ1) is 14.8. The summed E-state index contributed by atoms with van der Waals surface area (Å²) < 4.78 is 6.53. The van der Waals surface area contributed by atoms with Crippen molar-refractivity contribution in [2.45, 2.75) is 17.7 Å². The molecule has 0 atom stereocenters. The van der Waals surface area contributed by atoms with Gasteiger partial charge in [0.1, 0.15) is 10.8 Å². The Morgan fingerprint density at radius 2 is 2.10 bits per heavy atom. The fraction of sp³-hybridized carbons (Fsp3) is 0.308. The molecule has 0 fully saturated rings. The lowest BCUT2D eigenvalue weighted by molar-refractivity contribution is -0.136. The first-order chi connectivity index (χ1) is 9.63. The van der Waals surface area contributed by atoms with Gasteiger partial charge in [0.05, 0.1) is 13.0 Å². The van der Waals surface area contributed by atoms with Crippen LogP contribution >= 0.6 is 23.1 Å². The van der Waals surface area contributed by atoms with Crippen molar-refractivity contribution in [1.29, 1.82) is 0 Å². The van der Waals surface area contributed by atoms with Crippen LogP contribution < -0.4 is 4.74 Å². The number of rotatable bonds is 7. The lowest BCUT2D eigenvalue weighted by Crippen LogP contribution is -2.02. The molecule has 0 unspecified atom stereocenters. The monoisotopic (exact) mass is 310 g/mol. The second-order valence-corrected chi connectivity index (χ2v) is 6.52. The number of benzene rings is 1. The van der Waals surface area contributed by atoms with Gasteiger partial charge < -0.3 is 9.84 Å². The second kappa shape index (κ2) is 7.25. The Hall–Kier alpha value is -1.60. The Morgan fingerprint density at radius 3 is 2.70 bits per heavy atom. The number of aryl methyl sites for hydroxylation is 1. The van der Waals surface area contributed by atoms with Gasteiger partial charge in [-0.1, -0.05) is 35.2 Å². The zero-order chi connectivity index (χ0) is 14.4. The van der Waals surface area contributed by atoms with Crippen LogP contribution in [-0.4, -0.2) is 33.6 Å². The maximum absolute atomic E-state index is 10.6. The summed E-state index contributed by atoms with van der Waals surface area (Å²) in [6.07, 6.45) is 0.0343. The van der Waals surface area contributed by atoms with Crippen molar-refractivity contribution in [3.8, 4) is 5.75 Å². The number of aliphatic carboxylic acids is 1. The van der Waals surface area contributed by atoms with Gasteiger partial charge in [-0.05, 0) is 24.6 Å². The molecule has 1 N–H and O–H groups in total. The smallest absolute Gasteiger partial charge is 0.307 e. The van der Waals surface area contributed by atoms with Crippen molar-refractivity contribution >= 4 is 29.1 Å². The molecule has 5 nitrogen and oxygen atoms in total. The molecule has 1 heterocycles. The fourth-order valence-electron chi connectivity index (χ4n) is 1.50. The largest absolute Gasteiger partial charge is 0.493 e. The van der Waals surface area contributed by atoms with Crippen LogP contribution in [0.4, 0.5) is 0 Å². The van der Waals surface area contributed by atoms with Crippen molar-refractivity contribution < 1.29 is 14.6 Å². The quantitative estimate of drug-likeness (QED) is 0.626. The molecule has 0 radical (unpaired) electrons. The number of hydrogen-bond acceptors (Lipinski definition) is 6. The van der Waals surface area contributed by atoms with Crippen LogP contribution in [-0.2, 0) is 11.2 Å². The summed E-state index contributed by atoms with van der Waals surface area (Å²) in [5.74, 6) is 0.710. The van der Waals surface area contributed by atoms with Crippen molar-refractivity contribution in [2.75, 3.05) is 12.4 Å². The van der Waals surface area contributed by atoms with E-state index in [2.05, 4.69) is 10.2 Å². The van der Waals surface area contributed by atoms with Crippen LogP contribution in [0.2, 0.25) is 0 Å². The molecule has 20 heavy (non-hydrogen) atoms. The second-order valence-electron chi connectivity index (χ2n) is 4.00. The molecule has 0 aliphatic heterocycles. The van der Waals surface area contributed by atoms with E-state index in [4.69, 9.17) is 9.84 Å². The molecule has 106 valence electrons. The first-order valence-corrected chi connectivity index (χ1v) is 7.80. The van der Waals surface area contributed by atoms with Crippen LogP contribution in [0, 0.1) is 6.92 Å². The highest BCUT2D eigenvalue weighted by Crippen LogP contribution is 2.21. The topological polar surface area (TPSA) is 72.3 Å². The lowest BCUT2D eigenvalue weighted by Gasteiger charge is -2.05. The number of hydrogen-bond donors (Lipinski definition) is 1. The average molecular weight is 310 g/mol. The predicted octanol–water partition coefficient (Wildman–Crippen LogP) is 2.64. The Labute approximate surface area is 125 Å². The maximum atomic E-state index is 10.6. The highest BCUT2D eigenvalue weighted by atomic mass is 32.2. The summed E-state index contributed by atoms with van der Waals surface area (Å²) in [6, 6.07) is 7.12. The SMILES string of the molecule is Cc1nnc(SCCOc2ccc(CC(=O)O)cc2)s1. The van der Waals surface area contributed by atoms with E-state index in [0.29, 0.717) is 6.61 Å². The van der Waals surface area contributed by atoms with E-state index in [1.165, 1.54) is 0 Å². The number of nitrogens with zero attached hydrogens (tertiary/aromatic N) is 2. The molecule has 0 aliphatic rings. The number of aromatic nitrogens is 2. The van der Waals surface area contributed by atoms with Crippen molar-refractivity contribution in [1.82, 2.24) is 10.2 Å². The summed E-state index contributed by atoms with van der Waals surface area (Å²) in [4.78, 5) is 10.6. The van der Waals surface area contributed by atoms with E-state index < -0.39 is 5.97 Å². The summed E-state index contributed by atoms with van der Waals surface area (Å²) >= 11 is 3.19. The fourth-order valence-corrected chi connectivity index (χ4v) is 3.21. The molecule has 0 bridgehead atoms. The molecule has 1 aromatic carbocycles. The molecule has 2 rings (SSSR count). The summed E-state index contributed by atoms with van der Waals surface area (Å²) in [5, 5.41) is 17.6. The number of carboxylic acids is 1. The Balaban J connectivity index is 1.72. The van der Waals surface area contributed by atoms with E-state index in [1.54, 1.807) is 47.4 Å². The van der Waals surface area contributed by atoms with E-state index >= 15 is 0 Å². The maximum Gasteiger partial charge on any atom is 0.307 e. The van der Waals surface area contributed by atoms with E-state index in [1.807, 2.05) is 6.92 Å². The standard InChI is InChI=1S/C13H14N2O3S2/c1-9-14-15-13(20-9)19-7-6-18-11-4-2-10(3-5-11)8-12(16)17/h2-5H,6-8H2,1H3,(H,16,17). The van der Waals surface area contributed by atoms with Crippen molar-refractivity contribution in [2.24, 2.45) is 0 Å². The number of ether oxygens (including phenoxy) is 1. The Bertz CT molecular complexity index is 569. The van der Waals surface area contributed by atoms with Gasteiger partial charge in [-0.15, -0.1) is 10.2 Å². The first-order valence-electron chi connectivity index (χ1n) is 6.00. The summed E-state index contributed by atoms with van der Waals surface area (Å²) in [5.41, 5.74) is 0.767. The molecule has 1 aromatic heterocycles. The minimum atomic E-state index is -0.831. The lowest BCUT2D eigenvalue weighted by atomic mass is 10.1. The molecular formula is C13H14N2O3S2. The van der Waals surface area contributed by atoms with E-state index in [0.717, 1.165) is 26.4 Å². The van der Waals surface area contributed by atoms with Gasteiger partial charge in [-0.2, -0.15) is 0 Å². The normalized spacial score (nSPS) is 10.4. The van der Waals surface area contributed by atoms with Crippen LogP contribution in [0.3, 0.4) is 0 Å². The minimum Gasteiger partial charge on any atom is -0.493 e. The molecule has 0 spiro atoms. The Morgan fingerprint density at radius 1 is 1.35 bits per heavy atom. The highest BCUT2D eigenvalue weighted by Gasteiger charge is 2.02. The van der Waals surface area contributed by atoms with Gasteiger partial charge in [0, 0.05) is 5.75 Å². The highest BCUT2D eigenvalue weighted by molar-refractivity contribution is 8.01. The zero-order valence-corrected chi connectivity index (χ0v) is 12.5. The molecule has 0 saturated carbocycles.